The maximum atomic E-state index is 12.4. The summed E-state index contributed by atoms with van der Waals surface area (Å²) in [6.45, 7) is 6.02. The molecule has 0 saturated carbocycles. The molecule has 5 nitrogen and oxygen atoms in total. The molecule has 0 radical (unpaired) electrons. The van der Waals surface area contributed by atoms with Crippen molar-refractivity contribution in [3.63, 3.8) is 0 Å². The number of nitrogens with one attached hydrogen (secondary N) is 1. The Balaban J connectivity index is 1.45. The van der Waals surface area contributed by atoms with E-state index >= 15 is 0 Å². The zero-order valence-corrected chi connectivity index (χ0v) is 15.9. The molecular weight excluding hydrogens is 340 g/mol. The predicted molar refractivity (Wildman–Crippen MR) is 105 cm³/mol. The fourth-order valence-corrected chi connectivity index (χ4v) is 3.32. The van der Waals surface area contributed by atoms with Gasteiger partial charge in [0.1, 0.15) is 5.76 Å². The average Bonchev–Trinajstić information content (AvgIpc) is 3.20. The maximum absolute atomic E-state index is 12.4. The maximum Gasteiger partial charge on any atom is 0.251 e. The summed E-state index contributed by atoms with van der Waals surface area (Å²) in [6, 6.07) is 9.53. The fourth-order valence-electron chi connectivity index (χ4n) is 3.32. The number of aryl methyl sites for hydroxylation is 2. The van der Waals surface area contributed by atoms with Gasteiger partial charge in [-0.25, -0.2) is 0 Å². The molecule has 2 heterocycles. The van der Waals surface area contributed by atoms with Crippen molar-refractivity contribution in [2.45, 2.75) is 26.7 Å². The Kier molecular flexibility index (Phi) is 6.12. The summed E-state index contributed by atoms with van der Waals surface area (Å²) in [6.07, 6.45) is 6.63. The highest BCUT2D eigenvalue weighted by Crippen LogP contribution is 2.18. The van der Waals surface area contributed by atoms with Gasteiger partial charge >= 0.3 is 0 Å². The molecule has 142 valence electrons. The van der Waals surface area contributed by atoms with Gasteiger partial charge in [-0.1, -0.05) is 17.7 Å². The number of carbonyl (C=O) groups excluding carboxylic acids is 2. The summed E-state index contributed by atoms with van der Waals surface area (Å²) >= 11 is 0. The molecule has 0 atom stereocenters. The summed E-state index contributed by atoms with van der Waals surface area (Å²) in [4.78, 5) is 26.5. The minimum absolute atomic E-state index is 0.00395. The van der Waals surface area contributed by atoms with Gasteiger partial charge in [0.15, 0.2) is 0 Å². The third-order valence-corrected chi connectivity index (χ3v) is 5.05. The molecule has 2 amide bonds. The number of furan rings is 1. The van der Waals surface area contributed by atoms with Crippen LogP contribution < -0.4 is 5.32 Å². The molecule has 5 heteroatoms. The zero-order valence-electron chi connectivity index (χ0n) is 15.9. The number of piperidine rings is 1. The van der Waals surface area contributed by atoms with Crippen LogP contribution in [0.4, 0.5) is 0 Å². The van der Waals surface area contributed by atoms with E-state index in [0.29, 0.717) is 31.3 Å². The monoisotopic (exact) mass is 366 g/mol. The molecular formula is C22H26N2O3. The van der Waals surface area contributed by atoms with Crippen LogP contribution in [0.3, 0.4) is 0 Å². The first-order chi connectivity index (χ1) is 13.0. The standard InChI is InChI=1S/C22H26N2O3/c1-16-5-6-17(2)20(14-16)22(26)23-15-18-9-11-24(12-10-18)21(25)8-7-19-4-3-13-27-19/h3-8,13-14,18H,9-12,15H2,1-2H3,(H,23,26). The highest BCUT2D eigenvalue weighted by atomic mass is 16.3. The second-order valence-electron chi connectivity index (χ2n) is 7.15. The van der Waals surface area contributed by atoms with Gasteiger partial charge in [0, 0.05) is 31.3 Å². The molecule has 1 aliphatic rings. The zero-order chi connectivity index (χ0) is 19.2. The molecule has 0 spiro atoms. The second-order valence-corrected chi connectivity index (χ2v) is 7.15. The lowest BCUT2D eigenvalue weighted by atomic mass is 9.96. The Hall–Kier alpha value is -2.82. The van der Waals surface area contributed by atoms with Crippen LogP contribution in [0.25, 0.3) is 6.08 Å². The van der Waals surface area contributed by atoms with Crippen molar-refractivity contribution in [2.75, 3.05) is 19.6 Å². The van der Waals surface area contributed by atoms with Crippen molar-refractivity contribution in [1.82, 2.24) is 10.2 Å². The Morgan fingerprint density at radius 3 is 2.70 bits per heavy atom. The molecule has 1 saturated heterocycles. The lowest BCUT2D eigenvalue weighted by molar-refractivity contribution is -0.127. The van der Waals surface area contributed by atoms with Crippen molar-refractivity contribution >= 4 is 17.9 Å². The first-order valence-electron chi connectivity index (χ1n) is 9.39. The van der Waals surface area contributed by atoms with Gasteiger partial charge in [-0.05, 0) is 62.4 Å². The molecule has 0 unspecified atom stereocenters. The van der Waals surface area contributed by atoms with Gasteiger partial charge in [0.25, 0.3) is 5.91 Å². The summed E-state index contributed by atoms with van der Waals surface area (Å²) in [5.74, 6) is 1.06. The normalized spacial score (nSPS) is 15.3. The van der Waals surface area contributed by atoms with E-state index in [1.165, 1.54) is 0 Å². The van der Waals surface area contributed by atoms with Crippen molar-refractivity contribution in [2.24, 2.45) is 5.92 Å². The van der Waals surface area contributed by atoms with E-state index < -0.39 is 0 Å². The molecule has 27 heavy (non-hydrogen) atoms. The third-order valence-electron chi connectivity index (χ3n) is 5.05. The Morgan fingerprint density at radius 2 is 2.00 bits per heavy atom. The Morgan fingerprint density at radius 1 is 1.22 bits per heavy atom. The molecule has 0 aliphatic carbocycles. The number of hydrogen-bond donors (Lipinski definition) is 1. The number of carbonyl (C=O) groups is 2. The van der Waals surface area contributed by atoms with E-state index in [0.717, 1.165) is 29.5 Å². The molecule has 1 aromatic heterocycles. The van der Waals surface area contributed by atoms with Crippen molar-refractivity contribution < 1.29 is 14.0 Å². The Labute approximate surface area is 160 Å². The summed E-state index contributed by atoms with van der Waals surface area (Å²) in [7, 11) is 0. The van der Waals surface area contributed by atoms with Crippen molar-refractivity contribution in [3.05, 3.63) is 65.1 Å². The lowest BCUT2D eigenvalue weighted by Gasteiger charge is -2.31. The molecule has 2 aromatic rings. The van der Waals surface area contributed by atoms with E-state index in [1.807, 2.05) is 43.0 Å². The quantitative estimate of drug-likeness (QED) is 0.823. The van der Waals surface area contributed by atoms with Gasteiger partial charge in [-0.15, -0.1) is 0 Å². The van der Waals surface area contributed by atoms with E-state index in [4.69, 9.17) is 4.42 Å². The van der Waals surface area contributed by atoms with Gasteiger partial charge in [-0.3, -0.25) is 9.59 Å². The van der Waals surface area contributed by atoms with Gasteiger partial charge in [-0.2, -0.15) is 0 Å². The van der Waals surface area contributed by atoms with Crippen molar-refractivity contribution in [1.29, 1.82) is 0 Å². The number of nitrogens with zero attached hydrogens (tertiary/aromatic N) is 1. The largest absolute Gasteiger partial charge is 0.465 e. The van der Waals surface area contributed by atoms with Gasteiger partial charge in [0.05, 0.1) is 6.26 Å². The molecule has 0 bridgehead atoms. The molecule has 1 fully saturated rings. The van der Waals surface area contributed by atoms with Crippen LogP contribution in [0, 0.1) is 19.8 Å². The number of benzene rings is 1. The topological polar surface area (TPSA) is 62.6 Å². The molecule has 3 rings (SSSR count). The van der Waals surface area contributed by atoms with E-state index in [1.54, 1.807) is 24.5 Å². The van der Waals surface area contributed by atoms with Crippen LogP contribution in [0.1, 0.15) is 40.1 Å². The van der Waals surface area contributed by atoms with E-state index in [9.17, 15) is 9.59 Å². The first-order valence-corrected chi connectivity index (χ1v) is 9.39. The fraction of sp³-hybridized carbons (Fsp3) is 0.364. The first kappa shape index (κ1) is 19.0. The number of likely N-dealkylation sites (tertiary alicyclic amines) is 1. The van der Waals surface area contributed by atoms with Crippen LogP contribution in [-0.2, 0) is 4.79 Å². The lowest BCUT2D eigenvalue weighted by Crippen LogP contribution is -2.41. The average molecular weight is 366 g/mol. The smallest absolute Gasteiger partial charge is 0.251 e. The van der Waals surface area contributed by atoms with E-state index in [2.05, 4.69) is 5.32 Å². The van der Waals surface area contributed by atoms with Crippen LogP contribution in [-0.4, -0.2) is 36.3 Å². The minimum atomic E-state index is -0.0175. The summed E-state index contributed by atoms with van der Waals surface area (Å²) < 4.78 is 5.20. The predicted octanol–water partition coefficient (Wildman–Crippen LogP) is 3.58. The third kappa shape index (κ3) is 5.09. The van der Waals surface area contributed by atoms with Crippen LogP contribution in [0.5, 0.6) is 0 Å². The molecule has 1 aromatic carbocycles. The number of amides is 2. The summed E-state index contributed by atoms with van der Waals surface area (Å²) in [5.41, 5.74) is 2.81. The highest BCUT2D eigenvalue weighted by molar-refractivity contribution is 5.95. The van der Waals surface area contributed by atoms with Crippen LogP contribution in [0.2, 0.25) is 0 Å². The van der Waals surface area contributed by atoms with Crippen LogP contribution in [0.15, 0.2) is 47.1 Å². The highest BCUT2D eigenvalue weighted by Gasteiger charge is 2.22. The number of rotatable bonds is 5. The van der Waals surface area contributed by atoms with Crippen molar-refractivity contribution in [3.8, 4) is 0 Å². The Bertz CT molecular complexity index is 816. The molecule has 1 aliphatic heterocycles. The van der Waals surface area contributed by atoms with Gasteiger partial charge < -0.3 is 14.6 Å². The van der Waals surface area contributed by atoms with Gasteiger partial charge in [0.2, 0.25) is 5.91 Å². The minimum Gasteiger partial charge on any atom is -0.465 e. The molecule has 1 N–H and O–H groups in total. The second kappa shape index (κ2) is 8.71. The van der Waals surface area contributed by atoms with E-state index in [-0.39, 0.29) is 11.8 Å². The SMILES string of the molecule is Cc1ccc(C)c(C(=O)NCC2CCN(C(=O)C=Cc3ccco3)CC2)c1. The summed E-state index contributed by atoms with van der Waals surface area (Å²) in [5, 5.41) is 3.06. The van der Waals surface area contributed by atoms with Crippen LogP contribution >= 0.6 is 0 Å². The number of hydrogen-bond acceptors (Lipinski definition) is 3.